The van der Waals surface area contributed by atoms with E-state index >= 15 is 0 Å². The predicted molar refractivity (Wildman–Crippen MR) is 95.4 cm³/mol. The maximum atomic E-state index is 12.2. The molecule has 0 bridgehead atoms. The Morgan fingerprint density at radius 3 is 2.44 bits per heavy atom. The van der Waals surface area contributed by atoms with Gasteiger partial charge in [-0.1, -0.05) is 5.21 Å². The average molecular weight is 364 g/mol. The van der Waals surface area contributed by atoms with Gasteiger partial charge in [0.1, 0.15) is 5.69 Å². The number of thiazole rings is 1. The molecule has 8 nitrogen and oxygen atoms in total. The fraction of sp³-hybridized carbons (Fsp3) is 0.562. The third-order valence-electron chi connectivity index (χ3n) is 3.94. The molecule has 2 aromatic heterocycles. The molecule has 2 aromatic rings. The lowest BCUT2D eigenvalue weighted by atomic mass is 10.2. The van der Waals surface area contributed by atoms with Crippen LogP contribution in [0.2, 0.25) is 0 Å². The zero-order chi connectivity index (χ0) is 18.4. The summed E-state index contributed by atoms with van der Waals surface area (Å²) in [5.41, 5.74) is 1.29. The van der Waals surface area contributed by atoms with E-state index in [0.717, 1.165) is 23.5 Å². The van der Waals surface area contributed by atoms with E-state index < -0.39 is 0 Å². The first-order valence-electron chi connectivity index (χ1n) is 8.13. The molecule has 0 spiro atoms. The van der Waals surface area contributed by atoms with Crippen molar-refractivity contribution in [1.29, 1.82) is 0 Å². The Bertz CT molecular complexity index is 726. The second-order valence-electron chi connectivity index (χ2n) is 6.03. The lowest BCUT2D eigenvalue weighted by Crippen LogP contribution is -2.31. The molecule has 0 unspecified atom stereocenters. The zero-order valence-corrected chi connectivity index (χ0v) is 15.9. The quantitative estimate of drug-likeness (QED) is 0.656. The van der Waals surface area contributed by atoms with Gasteiger partial charge in [-0.15, -0.1) is 16.4 Å². The summed E-state index contributed by atoms with van der Waals surface area (Å²) < 4.78 is 1.46. The van der Waals surface area contributed by atoms with Crippen LogP contribution in [0.4, 0.5) is 0 Å². The second kappa shape index (κ2) is 8.70. The number of hydrogen-bond donors (Lipinski definition) is 0. The summed E-state index contributed by atoms with van der Waals surface area (Å²) in [6, 6.07) is 0. The Balaban J connectivity index is 1.68. The van der Waals surface area contributed by atoms with Crippen LogP contribution in [0.3, 0.4) is 0 Å². The van der Waals surface area contributed by atoms with Gasteiger partial charge in [-0.25, -0.2) is 9.67 Å². The van der Waals surface area contributed by atoms with Crippen LogP contribution in [0.25, 0.3) is 0 Å². The Hall–Kier alpha value is -2.29. The van der Waals surface area contributed by atoms with Gasteiger partial charge >= 0.3 is 0 Å². The van der Waals surface area contributed by atoms with Crippen molar-refractivity contribution in [1.82, 2.24) is 29.8 Å². The Morgan fingerprint density at radius 2 is 1.88 bits per heavy atom. The molecule has 2 heterocycles. The van der Waals surface area contributed by atoms with Gasteiger partial charge in [-0.05, 0) is 19.8 Å². The highest BCUT2D eigenvalue weighted by atomic mass is 32.1. The minimum Gasteiger partial charge on any atom is -0.345 e. The van der Waals surface area contributed by atoms with Crippen LogP contribution >= 0.6 is 11.3 Å². The summed E-state index contributed by atoms with van der Waals surface area (Å²) in [5, 5.41) is 10.4. The molecule has 2 rings (SSSR count). The van der Waals surface area contributed by atoms with Gasteiger partial charge < -0.3 is 9.80 Å². The Kier molecular flexibility index (Phi) is 6.63. The molecule has 25 heavy (non-hydrogen) atoms. The van der Waals surface area contributed by atoms with Crippen molar-refractivity contribution in [3.05, 3.63) is 28.0 Å². The second-order valence-corrected chi connectivity index (χ2v) is 7.09. The largest absolute Gasteiger partial charge is 0.345 e. The van der Waals surface area contributed by atoms with Crippen molar-refractivity contribution >= 4 is 23.2 Å². The van der Waals surface area contributed by atoms with Crippen LogP contribution < -0.4 is 0 Å². The van der Waals surface area contributed by atoms with Crippen molar-refractivity contribution in [3.8, 4) is 0 Å². The first-order chi connectivity index (χ1) is 11.9. The maximum Gasteiger partial charge on any atom is 0.273 e. The highest BCUT2D eigenvalue weighted by Crippen LogP contribution is 2.09. The van der Waals surface area contributed by atoms with Gasteiger partial charge in [0, 0.05) is 39.6 Å². The third kappa shape index (κ3) is 5.35. The van der Waals surface area contributed by atoms with Gasteiger partial charge in [0.2, 0.25) is 5.91 Å². The number of aromatic nitrogens is 4. The summed E-state index contributed by atoms with van der Waals surface area (Å²) in [7, 11) is 5.25. The summed E-state index contributed by atoms with van der Waals surface area (Å²) >= 11 is 1.56. The topological polar surface area (TPSA) is 84.2 Å². The third-order valence-corrected chi connectivity index (χ3v) is 4.76. The molecule has 136 valence electrons. The number of nitrogens with zero attached hydrogens (tertiary/aromatic N) is 6. The molecular weight excluding hydrogens is 340 g/mol. The van der Waals surface area contributed by atoms with Crippen molar-refractivity contribution in [3.63, 3.8) is 0 Å². The van der Waals surface area contributed by atoms with Gasteiger partial charge in [0.05, 0.1) is 23.3 Å². The van der Waals surface area contributed by atoms with Crippen LogP contribution in [0, 0.1) is 6.92 Å². The summed E-state index contributed by atoms with van der Waals surface area (Å²) in [6.07, 6.45) is 3.46. The van der Waals surface area contributed by atoms with Crippen molar-refractivity contribution < 1.29 is 9.59 Å². The maximum absolute atomic E-state index is 12.2. The smallest absolute Gasteiger partial charge is 0.273 e. The van der Waals surface area contributed by atoms with Crippen molar-refractivity contribution in [2.24, 2.45) is 7.05 Å². The van der Waals surface area contributed by atoms with E-state index in [4.69, 9.17) is 0 Å². The van der Waals surface area contributed by atoms with Crippen LogP contribution in [0.1, 0.15) is 34.0 Å². The number of carbonyl (C=O) groups is 2. The molecule has 0 saturated carbocycles. The number of unbranched alkanes of at least 4 members (excludes halogenated alkanes) is 1. The minimum absolute atomic E-state index is 0.0655. The molecule has 0 aliphatic heterocycles. The lowest BCUT2D eigenvalue weighted by molar-refractivity contribution is -0.129. The normalized spacial score (nSPS) is 10.7. The summed E-state index contributed by atoms with van der Waals surface area (Å²) in [6.45, 7) is 3.22. The van der Waals surface area contributed by atoms with E-state index in [2.05, 4.69) is 15.3 Å². The number of carbonyl (C=O) groups excluding carboxylic acids is 2. The van der Waals surface area contributed by atoms with E-state index in [1.165, 1.54) is 10.9 Å². The fourth-order valence-corrected chi connectivity index (χ4v) is 3.00. The molecule has 0 fully saturated rings. The zero-order valence-electron chi connectivity index (χ0n) is 15.1. The standard InChI is InChI=1S/C16H24N6O2S/c1-12-18-13(11-25-12)9-15(23)20(2)7-5-6-8-21(3)16(24)14-10-17-19-22(14)4/h10-11H,5-9H2,1-4H3. The van der Waals surface area contributed by atoms with Gasteiger partial charge in [0.15, 0.2) is 0 Å². The highest BCUT2D eigenvalue weighted by molar-refractivity contribution is 7.09. The van der Waals surface area contributed by atoms with Crippen LogP contribution in [-0.4, -0.2) is 68.8 Å². The van der Waals surface area contributed by atoms with Gasteiger partial charge in [0.25, 0.3) is 5.91 Å². The number of amides is 2. The Labute approximate surface area is 151 Å². The predicted octanol–water partition coefficient (Wildman–Crippen LogP) is 1.13. The number of hydrogen-bond acceptors (Lipinski definition) is 6. The molecule has 9 heteroatoms. The Morgan fingerprint density at radius 1 is 1.20 bits per heavy atom. The SMILES string of the molecule is Cc1nc(CC(=O)N(C)CCCCN(C)C(=O)c2cnnn2C)cs1. The molecular formula is C16H24N6O2S. The van der Waals surface area contributed by atoms with E-state index in [-0.39, 0.29) is 11.8 Å². The average Bonchev–Trinajstić information content (AvgIpc) is 3.18. The monoisotopic (exact) mass is 364 g/mol. The van der Waals surface area contributed by atoms with Crippen LogP contribution in [0.15, 0.2) is 11.6 Å². The lowest BCUT2D eigenvalue weighted by Gasteiger charge is -2.19. The van der Waals surface area contributed by atoms with Crippen LogP contribution in [0.5, 0.6) is 0 Å². The molecule has 0 aliphatic carbocycles. The molecule has 0 atom stereocenters. The van der Waals surface area contributed by atoms with E-state index in [1.807, 2.05) is 12.3 Å². The molecule has 0 radical (unpaired) electrons. The van der Waals surface area contributed by atoms with Gasteiger partial charge in [-0.2, -0.15) is 0 Å². The molecule has 0 aromatic carbocycles. The van der Waals surface area contributed by atoms with Gasteiger partial charge in [-0.3, -0.25) is 9.59 Å². The molecule has 2 amide bonds. The first-order valence-corrected chi connectivity index (χ1v) is 9.01. The minimum atomic E-state index is -0.101. The number of aryl methyl sites for hydroxylation is 2. The fourth-order valence-electron chi connectivity index (χ4n) is 2.38. The first kappa shape index (κ1) is 19.0. The highest BCUT2D eigenvalue weighted by Gasteiger charge is 2.16. The summed E-state index contributed by atoms with van der Waals surface area (Å²) in [5.74, 6) is -0.0356. The number of likely N-dealkylation sites (N-methyl/N-ethyl adjacent to an activating group) is 1. The molecule has 0 aliphatic rings. The summed E-state index contributed by atoms with van der Waals surface area (Å²) in [4.78, 5) is 32.1. The molecule has 0 saturated heterocycles. The van der Waals surface area contributed by atoms with E-state index in [1.54, 1.807) is 42.3 Å². The van der Waals surface area contributed by atoms with E-state index in [9.17, 15) is 9.59 Å². The van der Waals surface area contributed by atoms with Crippen LogP contribution in [-0.2, 0) is 18.3 Å². The van der Waals surface area contributed by atoms with E-state index in [0.29, 0.717) is 25.2 Å². The van der Waals surface area contributed by atoms with Crippen molar-refractivity contribution in [2.45, 2.75) is 26.2 Å². The number of rotatable bonds is 8. The van der Waals surface area contributed by atoms with Crippen molar-refractivity contribution in [2.75, 3.05) is 27.2 Å². The molecule has 0 N–H and O–H groups in total.